The zero-order valence-electron chi connectivity index (χ0n) is 17.0. The lowest BCUT2D eigenvalue weighted by Crippen LogP contribution is -2.39. The van der Waals surface area contributed by atoms with Crippen molar-refractivity contribution in [1.82, 2.24) is 9.88 Å². The van der Waals surface area contributed by atoms with E-state index in [9.17, 15) is 9.59 Å². The van der Waals surface area contributed by atoms with Crippen molar-refractivity contribution in [2.45, 2.75) is 12.8 Å². The van der Waals surface area contributed by atoms with Gasteiger partial charge in [-0.05, 0) is 43.2 Å². The second-order valence-electron chi connectivity index (χ2n) is 7.68. The van der Waals surface area contributed by atoms with Crippen molar-refractivity contribution in [1.29, 1.82) is 0 Å². The number of hydrogen-bond donors (Lipinski definition) is 0. The van der Waals surface area contributed by atoms with Gasteiger partial charge in [0.2, 0.25) is 11.8 Å². The molecule has 0 bridgehead atoms. The van der Waals surface area contributed by atoms with Gasteiger partial charge in [-0.1, -0.05) is 12.1 Å². The molecule has 0 spiro atoms. The number of oxazole rings is 1. The van der Waals surface area contributed by atoms with Crippen LogP contribution in [0.5, 0.6) is 11.5 Å². The third kappa shape index (κ3) is 4.03. The lowest BCUT2D eigenvalue weighted by Gasteiger charge is -2.30. The number of fused-ring (bicyclic) bond motifs is 2. The summed E-state index contributed by atoms with van der Waals surface area (Å²) in [6.45, 7) is 2.09. The zero-order chi connectivity index (χ0) is 21.2. The minimum atomic E-state index is -0.104. The SMILES string of the molecule is O=C(c1ccc2c(c1)OCCO2)C1CCN(C(=O)/C=C/c2nc3ccccc3o2)CC1. The smallest absolute Gasteiger partial charge is 0.246 e. The summed E-state index contributed by atoms with van der Waals surface area (Å²) in [6, 6.07) is 12.8. The molecule has 0 aliphatic carbocycles. The number of likely N-dealkylation sites (tertiary alicyclic amines) is 1. The van der Waals surface area contributed by atoms with Crippen LogP contribution in [0.15, 0.2) is 53.0 Å². The van der Waals surface area contributed by atoms with Crippen LogP contribution >= 0.6 is 0 Å². The summed E-state index contributed by atoms with van der Waals surface area (Å²) in [7, 11) is 0. The fourth-order valence-electron chi connectivity index (χ4n) is 4.00. The number of piperidine rings is 1. The molecule has 1 fully saturated rings. The van der Waals surface area contributed by atoms with Crippen LogP contribution < -0.4 is 9.47 Å². The van der Waals surface area contributed by atoms with Crippen molar-refractivity contribution in [2.24, 2.45) is 5.92 Å². The standard InChI is InChI=1S/C24H22N2O5/c27-23(8-7-22-25-18-3-1-2-4-19(18)31-22)26-11-9-16(10-12-26)24(28)17-5-6-20-21(15-17)30-14-13-29-20/h1-8,15-16H,9-14H2/b8-7+. The average Bonchev–Trinajstić information content (AvgIpc) is 3.25. The zero-order valence-corrected chi connectivity index (χ0v) is 17.0. The summed E-state index contributed by atoms with van der Waals surface area (Å²) >= 11 is 0. The monoisotopic (exact) mass is 418 g/mol. The highest BCUT2D eigenvalue weighted by atomic mass is 16.6. The second-order valence-corrected chi connectivity index (χ2v) is 7.68. The quantitative estimate of drug-likeness (QED) is 0.474. The molecule has 2 aliphatic rings. The predicted molar refractivity (Wildman–Crippen MR) is 114 cm³/mol. The Bertz CT molecular complexity index is 1120. The first kappa shape index (κ1) is 19.4. The van der Waals surface area contributed by atoms with E-state index in [1.807, 2.05) is 24.3 Å². The Kier molecular flexibility index (Phi) is 5.16. The number of Topliss-reactive ketones (excluding diaryl/α,β-unsaturated/α-hetero) is 1. The Balaban J connectivity index is 1.19. The van der Waals surface area contributed by atoms with Crippen LogP contribution in [0.2, 0.25) is 0 Å². The largest absolute Gasteiger partial charge is 0.486 e. The number of carbonyl (C=O) groups excluding carboxylic acids is 2. The lowest BCUT2D eigenvalue weighted by atomic mass is 9.88. The lowest BCUT2D eigenvalue weighted by molar-refractivity contribution is -0.127. The average molecular weight is 418 g/mol. The Labute approximate surface area is 179 Å². The third-order valence-corrected chi connectivity index (χ3v) is 5.68. The molecule has 1 amide bonds. The predicted octanol–water partition coefficient (Wildman–Crippen LogP) is 3.73. The van der Waals surface area contributed by atoms with Crippen LogP contribution in [0.1, 0.15) is 29.1 Å². The fourth-order valence-corrected chi connectivity index (χ4v) is 4.00. The van der Waals surface area contributed by atoms with Crippen LogP contribution in [0, 0.1) is 5.92 Å². The molecule has 0 atom stereocenters. The highest BCUT2D eigenvalue weighted by molar-refractivity contribution is 5.99. The molecule has 1 saturated heterocycles. The second kappa shape index (κ2) is 8.26. The molecular formula is C24H22N2O5. The number of nitrogens with zero attached hydrogens (tertiary/aromatic N) is 2. The van der Waals surface area contributed by atoms with Gasteiger partial charge in [0.1, 0.15) is 18.7 Å². The summed E-state index contributed by atoms with van der Waals surface area (Å²) < 4.78 is 16.7. The Morgan fingerprint density at radius 3 is 2.58 bits per heavy atom. The number of ketones is 1. The van der Waals surface area contributed by atoms with Crippen LogP contribution in [-0.4, -0.2) is 47.9 Å². The van der Waals surface area contributed by atoms with Crippen molar-refractivity contribution >= 4 is 28.9 Å². The third-order valence-electron chi connectivity index (χ3n) is 5.68. The topological polar surface area (TPSA) is 81.9 Å². The van der Waals surface area contributed by atoms with Gasteiger partial charge in [-0.3, -0.25) is 9.59 Å². The molecule has 3 aromatic rings. The Morgan fingerprint density at radius 2 is 1.77 bits per heavy atom. The summed E-state index contributed by atoms with van der Waals surface area (Å²) in [4.78, 5) is 31.6. The van der Waals surface area contributed by atoms with Crippen LogP contribution in [0.3, 0.4) is 0 Å². The van der Waals surface area contributed by atoms with Gasteiger partial charge in [-0.25, -0.2) is 4.98 Å². The van der Waals surface area contributed by atoms with E-state index < -0.39 is 0 Å². The van der Waals surface area contributed by atoms with Gasteiger partial charge >= 0.3 is 0 Å². The van der Waals surface area contributed by atoms with E-state index in [1.165, 1.54) is 6.08 Å². The van der Waals surface area contributed by atoms with Crippen molar-refractivity contribution < 1.29 is 23.5 Å². The maximum atomic E-state index is 12.9. The normalized spacial score (nSPS) is 16.7. The molecule has 158 valence electrons. The van der Waals surface area contributed by atoms with Crippen LogP contribution in [-0.2, 0) is 4.79 Å². The first-order valence-corrected chi connectivity index (χ1v) is 10.4. The van der Waals surface area contributed by atoms with Gasteiger partial charge in [0.05, 0.1) is 0 Å². The molecule has 3 heterocycles. The molecule has 5 rings (SSSR count). The summed E-state index contributed by atoms with van der Waals surface area (Å²) in [6.07, 6.45) is 4.34. The van der Waals surface area contributed by atoms with Crippen LogP contribution in [0.4, 0.5) is 0 Å². The van der Waals surface area contributed by atoms with Crippen molar-refractivity contribution in [3.8, 4) is 11.5 Å². The van der Waals surface area contributed by atoms with E-state index >= 15 is 0 Å². The fraction of sp³-hybridized carbons (Fsp3) is 0.292. The van der Waals surface area contributed by atoms with Crippen molar-refractivity contribution in [3.05, 3.63) is 60.0 Å². The number of amides is 1. The Morgan fingerprint density at radius 1 is 1.00 bits per heavy atom. The maximum Gasteiger partial charge on any atom is 0.246 e. The van der Waals surface area contributed by atoms with E-state index in [-0.39, 0.29) is 17.6 Å². The number of aromatic nitrogens is 1. The first-order valence-electron chi connectivity index (χ1n) is 10.4. The molecule has 0 radical (unpaired) electrons. The number of benzene rings is 2. The van der Waals surface area contributed by atoms with E-state index in [0.717, 1.165) is 5.52 Å². The highest BCUT2D eigenvalue weighted by Gasteiger charge is 2.28. The molecule has 7 heteroatoms. The molecule has 0 N–H and O–H groups in total. The summed E-state index contributed by atoms with van der Waals surface area (Å²) in [5.74, 6) is 1.58. The van der Waals surface area contributed by atoms with Gasteiger partial charge in [-0.2, -0.15) is 0 Å². The number of carbonyl (C=O) groups is 2. The molecule has 0 unspecified atom stereocenters. The molecule has 1 aromatic heterocycles. The summed E-state index contributed by atoms with van der Waals surface area (Å²) in [5, 5.41) is 0. The number of para-hydroxylation sites is 2. The molecule has 2 aliphatic heterocycles. The van der Waals surface area contributed by atoms with E-state index in [0.29, 0.717) is 67.7 Å². The molecule has 31 heavy (non-hydrogen) atoms. The highest BCUT2D eigenvalue weighted by Crippen LogP contribution is 2.32. The molecule has 7 nitrogen and oxygen atoms in total. The minimum absolute atomic E-state index is 0.0890. The van der Waals surface area contributed by atoms with Gasteiger partial charge in [-0.15, -0.1) is 0 Å². The Hall–Kier alpha value is -3.61. The van der Waals surface area contributed by atoms with Gasteiger partial charge in [0.15, 0.2) is 22.9 Å². The molecular weight excluding hydrogens is 396 g/mol. The molecule has 0 saturated carbocycles. The van der Waals surface area contributed by atoms with Gasteiger partial charge in [0.25, 0.3) is 0 Å². The van der Waals surface area contributed by atoms with Crippen LogP contribution in [0.25, 0.3) is 17.2 Å². The van der Waals surface area contributed by atoms with E-state index in [2.05, 4.69) is 4.98 Å². The van der Waals surface area contributed by atoms with Crippen molar-refractivity contribution in [2.75, 3.05) is 26.3 Å². The van der Waals surface area contributed by atoms with Gasteiger partial charge in [0, 0.05) is 36.7 Å². The van der Waals surface area contributed by atoms with Crippen molar-refractivity contribution in [3.63, 3.8) is 0 Å². The first-order chi connectivity index (χ1) is 15.2. The van der Waals surface area contributed by atoms with E-state index in [1.54, 1.807) is 29.2 Å². The minimum Gasteiger partial charge on any atom is -0.486 e. The number of rotatable bonds is 4. The van der Waals surface area contributed by atoms with E-state index in [4.69, 9.17) is 13.9 Å². The molecule has 2 aromatic carbocycles. The van der Waals surface area contributed by atoms with Gasteiger partial charge < -0.3 is 18.8 Å². The summed E-state index contributed by atoms with van der Waals surface area (Å²) in [5.41, 5.74) is 2.08. The number of ether oxygens (including phenoxy) is 2. The number of hydrogen-bond acceptors (Lipinski definition) is 6. The maximum absolute atomic E-state index is 12.9.